The first-order chi connectivity index (χ1) is 8.97. The van der Waals surface area contributed by atoms with Crippen LogP contribution in [0.25, 0.3) is 0 Å². The summed E-state index contributed by atoms with van der Waals surface area (Å²) < 4.78 is 14.2. The third-order valence-electron chi connectivity index (χ3n) is 2.55. The molecule has 0 aliphatic heterocycles. The number of nitrogens with one attached hydrogen (secondary N) is 1. The highest BCUT2D eigenvalue weighted by atomic mass is 79.9. The molecule has 0 atom stereocenters. The number of hydrogen-bond donors (Lipinski definition) is 1. The van der Waals surface area contributed by atoms with E-state index in [0.29, 0.717) is 11.3 Å². The first-order valence-corrected chi connectivity index (χ1v) is 7.08. The lowest BCUT2D eigenvalue weighted by atomic mass is 10.2. The van der Waals surface area contributed by atoms with E-state index in [-0.39, 0.29) is 10.4 Å². The molecule has 1 N–H and O–H groups in total. The van der Waals surface area contributed by atoms with Gasteiger partial charge in [-0.3, -0.25) is 4.79 Å². The van der Waals surface area contributed by atoms with Gasteiger partial charge in [0, 0.05) is 10.0 Å². The fraction of sp³-hybridized carbons (Fsp3) is 0.0714. The van der Waals surface area contributed by atoms with Crippen molar-refractivity contribution >= 4 is 43.5 Å². The summed E-state index contributed by atoms with van der Waals surface area (Å²) in [6.07, 6.45) is 0. The Morgan fingerprint density at radius 2 is 1.84 bits per heavy atom. The minimum atomic E-state index is -0.395. The third kappa shape index (κ3) is 3.42. The number of aryl methyl sites for hydroxylation is 1. The number of carbonyl (C=O) groups excluding carboxylic acids is 1. The molecule has 0 fully saturated rings. The van der Waals surface area contributed by atoms with Gasteiger partial charge in [0.15, 0.2) is 0 Å². The summed E-state index contributed by atoms with van der Waals surface area (Å²) in [4.78, 5) is 12.0. The SMILES string of the molecule is Cc1ccc(NC(=O)c2ccc(F)c(Br)c2)c(Br)c1. The van der Waals surface area contributed by atoms with Crippen molar-refractivity contribution in [2.45, 2.75) is 6.92 Å². The average Bonchev–Trinajstić information content (AvgIpc) is 2.36. The van der Waals surface area contributed by atoms with Gasteiger partial charge in [0.25, 0.3) is 5.91 Å². The number of amides is 1. The van der Waals surface area contributed by atoms with E-state index in [2.05, 4.69) is 37.2 Å². The number of halogens is 3. The van der Waals surface area contributed by atoms with Crippen molar-refractivity contribution < 1.29 is 9.18 Å². The molecule has 19 heavy (non-hydrogen) atoms. The van der Waals surface area contributed by atoms with Crippen LogP contribution in [-0.2, 0) is 0 Å². The molecular formula is C14H10Br2FNO. The smallest absolute Gasteiger partial charge is 0.255 e. The zero-order chi connectivity index (χ0) is 14.0. The second kappa shape index (κ2) is 5.84. The largest absolute Gasteiger partial charge is 0.321 e. The predicted molar refractivity (Wildman–Crippen MR) is 80.9 cm³/mol. The molecule has 0 aromatic heterocycles. The molecule has 0 spiro atoms. The maximum Gasteiger partial charge on any atom is 0.255 e. The van der Waals surface area contributed by atoms with Crippen LogP contribution >= 0.6 is 31.9 Å². The standard InChI is InChI=1S/C14H10Br2FNO/c1-8-2-5-13(11(16)6-8)18-14(19)9-3-4-12(17)10(15)7-9/h2-7H,1H3,(H,18,19). The average molecular weight is 387 g/mol. The Hall–Kier alpha value is -1.20. The van der Waals surface area contributed by atoms with E-state index >= 15 is 0 Å². The Labute approximate surface area is 127 Å². The maximum atomic E-state index is 13.1. The summed E-state index contributed by atoms with van der Waals surface area (Å²) >= 11 is 6.45. The fourth-order valence-electron chi connectivity index (χ4n) is 1.55. The number of benzene rings is 2. The van der Waals surface area contributed by atoms with Gasteiger partial charge in [-0.1, -0.05) is 6.07 Å². The van der Waals surface area contributed by atoms with E-state index in [1.807, 2.05) is 25.1 Å². The zero-order valence-electron chi connectivity index (χ0n) is 10.0. The van der Waals surface area contributed by atoms with Crippen LogP contribution in [0.4, 0.5) is 10.1 Å². The van der Waals surface area contributed by atoms with Gasteiger partial charge in [0.2, 0.25) is 0 Å². The summed E-state index contributed by atoms with van der Waals surface area (Å²) in [5, 5.41) is 2.77. The van der Waals surface area contributed by atoms with E-state index < -0.39 is 5.82 Å². The number of rotatable bonds is 2. The Morgan fingerprint density at radius 3 is 2.47 bits per heavy atom. The normalized spacial score (nSPS) is 10.3. The predicted octanol–water partition coefficient (Wildman–Crippen LogP) is 4.91. The minimum absolute atomic E-state index is 0.267. The lowest BCUT2D eigenvalue weighted by Gasteiger charge is -2.08. The van der Waals surface area contributed by atoms with Crippen LogP contribution in [0.3, 0.4) is 0 Å². The first kappa shape index (κ1) is 14.2. The number of anilines is 1. The summed E-state index contributed by atoms with van der Waals surface area (Å²) in [7, 11) is 0. The van der Waals surface area contributed by atoms with Gasteiger partial charge in [-0.2, -0.15) is 0 Å². The van der Waals surface area contributed by atoms with Gasteiger partial charge < -0.3 is 5.32 Å². The minimum Gasteiger partial charge on any atom is -0.321 e. The van der Waals surface area contributed by atoms with E-state index in [9.17, 15) is 9.18 Å². The molecule has 5 heteroatoms. The van der Waals surface area contributed by atoms with Crippen LogP contribution in [0.15, 0.2) is 45.3 Å². The van der Waals surface area contributed by atoms with Gasteiger partial charge >= 0.3 is 0 Å². The quantitative estimate of drug-likeness (QED) is 0.780. The van der Waals surface area contributed by atoms with Crippen molar-refractivity contribution in [2.24, 2.45) is 0 Å². The third-order valence-corrected chi connectivity index (χ3v) is 3.82. The van der Waals surface area contributed by atoms with E-state index in [0.717, 1.165) is 10.0 Å². The summed E-state index contributed by atoms with van der Waals surface area (Å²) in [6.45, 7) is 1.97. The van der Waals surface area contributed by atoms with Gasteiger partial charge in [0.05, 0.1) is 10.2 Å². The highest BCUT2D eigenvalue weighted by molar-refractivity contribution is 9.10. The Morgan fingerprint density at radius 1 is 1.11 bits per heavy atom. The molecular weight excluding hydrogens is 377 g/mol. The molecule has 1 amide bonds. The van der Waals surface area contributed by atoms with Crippen LogP contribution in [0.1, 0.15) is 15.9 Å². The highest BCUT2D eigenvalue weighted by Gasteiger charge is 2.10. The van der Waals surface area contributed by atoms with Crippen molar-refractivity contribution in [3.05, 3.63) is 62.3 Å². The maximum absolute atomic E-state index is 13.1. The Bertz CT molecular complexity index is 643. The molecule has 0 heterocycles. The monoisotopic (exact) mass is 385 g/mol. The fourth-order valence-corrected chi connectivity index (χ4v) is 2.52. The highest BCUT2D eigenvalue weighted by Crippen LogP contribution is 2.24. The lowest BCUT2D eigenvalue weighted by Crippen LogP contribution is -2.12. The molecule has 0 saturated heterocycles. The first-order valence-electron chi connectivity index (χ1n) is 5.50. The molecule has 98 valence electrons. The van der Waals surface area contributed by atoms with Crippen molar-refractivity contribution in [3.8, 4) is 0 Å². The van der Waals surface area contributed by atoms with E-state index in [1.165, 1.54) is 18.2 Å². The molecule has 2 aromatic carbocycles. The van der Waals surface area contributed by atoms with Gasteiger partial charge in [-0.05, 0) is 74.7 Å². The van der Waals surface area contributed by atoms with Gasteiger partial charge in [-0.15, -0.1) is 0 Å². The van der Waals surface area contributed by atoms with Crippen LogP contribution in [0.2, 0.25) is 0 Å². The van der Waals surface area contributed by atoms with Crippen molar-refractivity contribution in [2.75, 3.05) is 5.32 Å². The lowest BCUT2D eigenvalue weighted by molar-refractivity contribution is 0.102. The number of carbonyl (C=O) groups is 1. The molecule has 0 radical (unpaired) electrons. The topological polar surface area (TPSA) is 29.1 Å². The molecule has 0 unspecified atom stereocenters. The van der Waals surface area contributed by atoms with Crippen molar-refractivity contribution in [3.63, 3.8) is 0 Å². The molecule has 0 bridgehead atoms. The molecule has 2 aromatic rings. The summed E-state index contributed by atoms with van der Waals surface area (Å²) in [5.41, 5.74) is 2.16. The molecule has 0 aliphatic carbocycles. The Kier molecular flexibility index (Phi) is 4.37. The second-order valence-corrected chi connectivity index (χ2v) is 5.77. The molecule has 2 nitrogen and oxygen atoms in total. The van der Waals surface area contributed by atoms with E-state index in [1.54, 1.807) is 0 Å². The summed E-state index contributed by atoms with van der Waals surface area (Å²) in [6, 6.07) is 9.78. The second-order valence-electron chi connectivity index (χ2n) is 4.07. The summed E-state index contributed by atoms with van der Waals surface area (Å²) in [5.74, 6) is -0.682. The van der Waals surface area contributed by atoms with Crippen LogP contribution in [0, 0.1) is 12.7 Å². The molecule has 2 rings (SSSR count). The Balaban J connectivity index is 2.23. The molecule has 0 saturated carbocycles. The molecule has 0 aliphatic rings. The number of hydrogen-bond acceptors (Lipinski definition) is 1. The van der Waals surface area contributed by atoms with E-state index in [4.69, 9.17) is 0 Å². The van der Waals surface area contributed by atoms with Crippen molar-refractivity contribution in [1.29, 1.82) is 0 Å². The van der Waals surface area contributed by atoms with Gasteiger partial charge in [0.1, 0.15) is 5.82 Å². The zero-order valence-corrected chi connectivity index (χ0v) is 13.2. The van der Waals surface area contributed by atoms with Crippen molar-refractivity contribution in [1.82, 2.24) is 0 Å². The van der Waals surface area contributed by atoms with Gasteiger partial charge in [-0.25, -0.2) is 4.39 Å². The van der Waals surface area contributed by atoms with Crippen LogP contribution < -0.4 is 5.32 Å². The van der Waals surface area contributed by atoms with Crippen LogP contribution in [-0.4, -0.2) is 5.91 Å². The van der Waals surface area contributed by atoms with Crippen LogP contribution in [0.5, 0.6) is 0 Å².